The number of H-pyrrole nitrogens is 1. The molecule has 1 fully saturated rings. The van der Waals surface area contributed by atoms with Gasteiger partial charge in [-0.15, -0.1) is 0 Å². The van der Waals surface area contributed by atoms with Gasteiger partial charge >= 0.3 is 0 Å². The molecule has 35 heavy (non-hydrogen) atoms. The number of ether oxygens (including phenoxy) is 1. The minimum Gasteiger partial charge on any atom is -0.493 e. The average molecular weight is 522 g/mol. The lowest BCUT2D eigenvalue weighted by Crippen LogP contribution is -2.47. The number of likely N-dealkylation sites (N-methyl/N-ethyl adjacent to an activating group) is 1. The van der Waals surface area contributed by atoms with Gasteiger partial charge in [0, 0.05) is 38.8 Å². The van der Waals surface area contributed by atoms with Crippen molar-refractivity contribution in [3.8, 4) is 17.1 Å². The van der Waals surface area contributed by atoms with Gasteiger partial charge in [-0.3, -0.25) is 4.79 Å². The van der Waals surface area contributed by atoms with Gasteiger partial charge in [0.25, 0.3) is 5.56 Å². The predicted molar refractivity (Wildman–Crippen MR) is 138 cm³/mol. The van der Waals surface area contributed by atoms with E-state index in [4.69, 9.17) is 21.3 Å². The zero-order chi connectivity index (χ0) is 25.3. The highest BCUT2D eigenvalue weighted by molar-refractivity contribution is 7.89. The fraction of sp³-hybridized carbons (Fsp3) is 0.500. The Morgan fingerprint density at radius 2 is 1.83 bits per heavy atom. The molecule has 11 heteroatoms. The molecule has 0 unspecified atom stereocenters. The summed E-state index contributed by atoms with van der Waals surface area (Å²) in [6.07, 6.45) is 2.29. The molecule has 1 N–H and O–H groups in total. The maximum atomic E-state index is 13.4. The van der Waals surface area contributed by atoms with E-state index in [0.717, 1.165) is 18.4 Å². The highest BCUT2D eigenvalue weighted by Crippen LogP contribution is 2.34. The predicted octanol–water partition coefficient (Wildman–Crippen LogP) is 3.26. The van der Waals surface area contributed by atoms with Crippen molar-refractivity contribution >= 4 is 32.7 Å². The minimum absolute atomic E-state index is 0.142. The van der Waals surface area contributed by atoms with Gasteiger partial charge in [-0.05, 0) is 38.1 Å². The molecule has 190 valence electrons. The largest absolute Gasteiger partial charge is 0.493 e. The maximum absolute atomic E-state index is 13.4. The van der Waals surface area contributed by atoms with E-state index in [2.05, 4.69) is 9.88 Å². The number of benzene rings is 1. The van der Waals surface area contributed by atoms with E-state index in [1.807, 2.05) is 20.9 Å². The summed E-state index contributed by atoms with van der Waals surface area (Å²) >= 11 is 6.52. The third-order valence-corrected chi connectivity index (χ3v) is 8.70. The number of nitrogens with zero attached hydrogens (tertiary/aromatic N) is 4. The zero-order valence-electron chi connectivity index (χ0n) is 20.6. The van der Waals surface area contributed by atoms with E-state index in [-0.39, 0.29) is 16.3 Å². The van der Waals surface area contributed by atoms with E-state index in [1.54, 1.807) is 29.8 Å². The van der Waals surface area contributed by atoms with Crippen molar-refractivity contribution in [1.82, 2.24) is 23.7 Å². The van der Waals surface area contributed by atoms with E-state index in [0.29, 0.717) is 66.7 Å². The zero-order valence-corrected chi connectivity index (χ0v) is 22.2. The van der Waals surface area contributed by atoms with E-state index >= 15 is 0 Å². The first kappa shape index (κ1) is 25.7. The Labute approximate surface area is 210 Å². The number of halogens is 1. The van der Waals surface area contributed by atoms with Crippen molar-refractivity contribution in [3.63, 3.8) is 0 Å². The molecule has 0 spiro atoms. The summed E-state index contributed by atoms with van der Waals surface area (Å²) in [5.74, 6) is 0.717. The standard InChI is InChI=1S/C24H32ClN5O4S/c1-5-7-17-20-21(29(4)22(17)25)24(31)27-23(26-20)18-15-16(8-9-19(18)34-14-6-2)35(32,33)30-12-10-28(3)11-13-30/h8-9,15H,5-7,10-14H2,1-4H3,(H,26,27,31). The van der Waals surface area contributed by atoms with Gasteiger partial charge in [-0.2, -0.15) is 4.31 Å². The first-order chi connectivity index (χ1) is 16.7. The Hall–Kier alpha value is -2.40. The summed E-state index contributed by atoms with van der Waals surface area (Å²) < 4.78 is 35.9. The molecule has 0 radical (unpaired) electrons. The number of nitrogens with one attached hydrogen (secondary N) is 1. The van der Waals surface area contributed by atoms with Crippen LogP contribution < -0.4 is 10.3 Å². The molecular weight excluding hydrogens is 490 g/mol. The van der Waals surface area contributed by atoms with Crippen LogP contribution in [0.25, 0.3) is 22.4 Å². The molecular formula is C24H32ClN5O4S. The number of hydrogen-bond acceptors (Lipinski definition) is 6. The lowest BCUT2D eigenvalue weighted by molar-refractivity contribution is 0.222. The van der Waals surface area contributed by atoms with Crippen LogP contribution in [0, 0.1) is 0 Å². The lowest BCUT2D eigenvalue weighted by Gasteiger charge is -2.31. The van der Waals surface area contributed by atoms with Crippen LogP contribution in [0.3, 0.4) is 0 Å². The monoisotopic (exact) mass is 521 g/mol. The molecule has 1 aliphatic heterocycles. The highest BCUT2D eigenvalue weighted by atomic mass is 35.5. The molecule has 3 heterocycles. The quantitative estimate of drug-likeness (QED) is 0.488. The minimum atomic E-state index is -3.72. The fourth-order valence-electron chi connectivity index (χ4n) is 4.36. The Morgan fingerprint density at radius 3 is 2.49 bits per heavy atom. The molecule has 0 amide bonds. The van der Waals surface area contributed by atoms with Gasteiger partial charge in [0.2, 0.25) is 10.0 Å². The van der Waals surface area contributed by atoms with Gasteiger partial charge in [-0.25, -0.2) is 13.4 Å². The number of aromatic amines is 1. The van der Waals surface area contributed by atoms with Gasteiger partial charge in [0.05, 0.1) is 17.1 Å². The van der Waals surface area contributed by atoms with Crippen LogP contribution in [0.4, 0.5) is 0 Å². The van der Waals surface area contributed by atoms with Crippen LogP contribution in [0.1, 0.15) is 32.3 Å². The van der Waals surface area contributed by atoms with Crippen LogP contribution >= 0.6 is 11.6 Å². The fourth-order valence-corrected chi connectivity index (χ4v) is 6.07. The molecule has 9 nitrogen and oxygen atoms in total. The van der Waals surface area contributed by atoms with Gasteiger partial charge in [0.15, 0.2) is 0 Å². The van der Waals surface area contributed by atoms with Gasteiger partial charge in [-0.1, -0.05) is 31.9 Å². The average Bonchev–Trinajstić information content (AvgIpc) is 3.08. The Bertz CT molecular complexity index is 1390. The Kier molecular flexibility index (Phi) is 7.56. The third-order valence-electron chi connectivity index (χ3n) is 6.33. The molecule has 1 aliphatic rings. The van der Waals surface area contributed by atoms with Crippen molar-refractivity contribution in [2.24, 2.45) is 7.05 Å². The van der Waals surface area contributed by atoms with Crippen LogP contribution in [0.15, 0.2) is 27.9 Å². The lowest BCUT2D eigenvalue weighted by atomic mass is 10.1. The summed E-state index contributed by atoms with van der Waals surface area (Å²) in [5.41, 5.74) is 1.79. The maximum Gasteiger partial charge on any atom is 0.275 e. The number of rotatable bonds is 8. The molecule has 1 aromatic carbocycles. The van der Waals surface area contributed by atoms with Crippen LogP contribution in [-0.4, -0.2) is 72.0 Å². The summed E-state index contributed by atoms with van der Waals surface area (Å²) in [4.78, 5) is 22.9. The summed E-state index contributed by atoms with van der Waals surface area (Å²) in [6.45, 7) is 6.66. The summed E-state index contributed by atoms with van der Waals surface area (Å²) in [7, 11) is -0.00864. The molecule has 1 saturated heterocycles. The Balaban J connectivity index is 1.88. The smallest absolute Gasteiger partial charge is 0.275 e. The topological polar surface area (TPSA) is 101 Å². The number of aromatic nitrogens is 3. The van der Waals surface area contributed by atoms with Crippen LogP contribution in [0.2, 0.25) is 5.15 Å². The second kappa shape index (κ2) is 10.3. The summed E-state index contributed by atoms with van der Waals surface area (Å²) in [5, 5.41) is 0.478. The van der Waals surface area contributed by atoms with E-state index in [9.17, 15) is 13.2 Å². The van der Waals surface area contributed by atoms with Gasteiger partial charge < -0.3 is 19.2 Å². The van der Waals surface area contributed by atoms with Crippen molar-refractivity contribution in [3.05, 3.63) is 39.3 Å². The molecule has 0 aliphatic carbocycles. The van der Waals surface area contributed by atoms with Crippen LogP contribution in [-0.2, 0) is 23.5 Å². The molecule has 4 rings (SSSR count). The summed E-state index contributed by atoms with van der Waals surface area (Å²) in [6, 6.07) is 4.75. The SMILES string of the molecule is CCCOc1ccc(S(=O)(=O)N2CCN(C)CC2)cc1-c1nc2c(CCC)c(Cl)n(C)c2c(=O)[nH]1. The number of fused-ring (bicyclic) bond motifs is 1. The molecule has 3 aromatic rings. The van der Waals surface area contributed by atoms with Crippen molar-refractivity contribution in [1.29, 1.82) is 0 Å². The number of piperazine rings is 1. The van der Waals surface area contributed by atoms with Crippen molar-refractivity contribution in [2.75, 3.05) is 39.8 Å². The third kappa shape index (κ3) is 4.84. The second-order valence-corrected chi connectivity index (χ2v) is 11.2. The number of aryl methyl sites for hydroxylation is 2. The van der Waals surface area contributed by atoms with Crippen molar-refractivity contribution < 1.29 is 13.2 Å². The number of sulfonamides is 1. The van der Waals surface area contributed by atoms with Crippen LogP contribution in [0.5, 0.6) is 5.75 Å². The van der Waals surface area contributed by atoms with Crippen molar-refractivity contribution in [2.45, 2.75) is 38.0 Å². The van der Waals surface area contributed by atoms with E-state index in [1.165, 1.54) is 4.31 Å². The number of hydrogen-bond donors (Lipinski definition) is 1. The molecule has 0 atom stereocenters. The van der Waals surface area contributed by atoms with Gasteiger partial charge in [0.1, 0.15) is 27.8 Å². The Morgan fingerprint density at radius 1 is 1.11 bits per heavy atom. The second-order valence-electron chi connectivity index (χ2n) is 8.90. The molecule has 0 bridgehead atoms. The molecule has 0 saturated carbocycles. The molecule has 2 aromatic heterocycles. The normalized spacial score (nSPS) is 15.7. The van der Waals surface area contributed by atoms with E-state index < -0.39 is 10.0 Å². The highest BCUT2D eigenvalue weighted by Gasteiger charge is 2.29. The first-order valence-corrected chi connectivity index (χ1v) is 13.7. The first-order valence-electron chi connectivity index (χ1n) is 11.9.